The fourth-order valence-electron chi connectivity index (χ4n) is 2.41. The van der Waals surface area contributed by atoms with E-state index in [1.807, 2.05) is 37.3 Å². The van der Waals surface area contributed by atoms with Crippen LogP contribution in [-0.2, 0) is 11.3 Å². The molecule has 0 saturated heterocycles. The number of benzene rings is 2. The van der Waals surface area contributed by atoms with Crippen molar-refractivity contribution in [2.24, 2.45) is 0 Å². The highest BCUT2D eigenvalue weighted by Crippen LogP contribution is 2.30. The van der Waals surface area contributed by atoms with Crippen molar-refractivity contribution >= 4 is 5.97 Å². The molecule has 110 valence electrons. The first-order valence-electron chi connectivity index (χ1n) is 6.75. The lowest BCUT2D eigenvalue weighted by Crippen LogP contribution is -2.30. The summed E-state index contributed by atoms with van der Waals surface area (Å²) >= 11 is 0. The topological polar surface area (TPSA) is 60.8 Å². The molecule has 0 fully saturated rings. The van der Waals surface area contributed by atoms with Gasteiger partial charge in [-0.1, -0.05) is 48.0 Å². The molecule has 0 aromatic heterocycles. The Morgan fingerprint density at radius 1 is 1.19 bits per heavy atom. The third-order valence-corrected chi connectivity index (χ3v) is 3.43. The predicted octanol–water partition coefficient (Wildman–Crippen LogP) is 2.96. The highest BCUT2D eigenvalue weighted by molar-refractivity contribution is 5.76. The number of hydrogen-bond donors (Lipinski definition) is 2. The second-order valence-corrected chi connectivity index (χ2v) is 5.20. The van der Waals surface area contributed by atoms with Crippen LogP contribution >= 0.6 is 0 Å². The molecule has 0 aliphatic rings. The number of nitrogens with zero attached hydrogens (tertiary/aromatic N) is 1. The Balaban J connectivity index is 2.30. The summed E-state index contributed by atoms with van der Waals surface area (Å²) in [7, 11) is 1.74. The molecule has 2 rings (SSSR count). The Morgan fingerprint density at radius 2 is 1.86 bits per heavy atom. The molecule has 0 spiro atoms. The summed E-state index contributed by atoms with van der Waals surface area (Å²) in [6, 6.07) is 13.8. The van der Waals surface area contributed by atoms with E-state index >= 15 is 0 Å². The third kappa shape index (κ3) is 3.61. The number of hydrogen-bond acceptors (Lipinski definition) is 3. The molecule has 0 aliphatic heterocycles. The second kappa shape index (κ2) is 6.41. The molecule has 1 unspecified atom stereocenters. The van der Waals surface area contributed by atoms with Crippen LogP contribution in [0.15, 0.2) is 48.5 Å². The monoisotopic (exact) mass is 285 g/mol. The van der Waals surface area contributed by atoms with Gasteiger partial charge in [-0.3, -0.25) is 9.69 Å². The molecule has 0 heterocycles. The summed E-state index contributed by atoms with van der Waals surface area (Å²) in [5.41, 5.74) is 2.36. The van der Waals surface area contributed by atoms with Gasteiger partial charge in [0.2, 0.25) is 0 Å². The second-order valence-electron chi connectivity index (χ2n) is 5.20. The minimum absolute atomic E-state index is 0.00733. The largest absolute Gasteiger partial charge is 0.508 e. The van der Waals surface area contributed by atoms with E-state index in [1.165, 1.54) is 6.07 Å². The number of carboxylic acid groups (broad SMARTS) is 1. The summed E-state index contributed by atoms with van der Waals surface area (Å²) in [5.74, 6) is -0.970. The van der Waals surface area contributed by atoms with Crippen LogP contribution in [0.25, 0.3) is 0 Å². The number of likely N-dealkylation sites (N-methyl/N-ethyl adjacent to an activating group) is 1. The molecule has 0 aliphatic carbocycles. The van der Waals surface area contributed by atoms with Crippen molar-refractivity contribution in [3.8, 4) is 5.75 Å². The standard InChI is InChI=1S/C17H19NO3/c1-12-8-9-15(19)14(10-12)16(17(20)21)18(2)11-13-6-4-3-5-7-13/h3-10,16,19H,11H2,1-2H3,(H,20,21). The van der Waals surface area contributed by atoms with E-state index in [-0.39, 0.29) is 5.75 Å². The fourth-order valence-corrected chi connectivity index (χ4v) is 2.41. The van der Waals surface area contributed by atoms with Crippen molar-refractivity contribution in [3.63, 3.8) is 0 Å². The van der Waals surface area contributed by atoms with E-state index in [4.69, 9.17) is 0 Å². The van der Waals surface area contributed by atoms with E-state index in [0.717, 1.165) is 11.1 Å². The Hall–Kier alpha value is -2.33. The number of carboxylic acids is 1. The fraction of sp³-hybridized carbons (Fsp3) is 0.235. The van der Waals surface area contributed by atoms with E-state index in [1.54, 1.807) is 24.1 Å². The van der Waals surface area contributed by atoms with Crippen LogP contribution in [0.1, 0.15) is 22.7 Å². The number of aliphatic carboxylic acids is 1. The van der Waals surface area contributed by atoms with Gasteiger partial charge in [0.25, 0.3) is 0 Å². The molecule has 1 atom stereocenters. The summed E-state index contributed by atoms with van der Waals surface area (Å²) in [6.45, 7) is 2.37. The van der Waals surface area contributed by atoms with Crippen molar-refractivity contribution < 1.29 is 15.0 Å². The van der Waals surface area contributed by atoms with Crippen molar-refractivity contribution in [2.75, 3.05) is 7.05 Å². The minimum atomic E-state index is -0.977. The van der Waals surface area contributed by atoms with Gasteiger partial charge in [0.1, 0.15) is 11.8 Å². The van der Waals surface area contributed by atoms with E-state index in [2.05, 4.69) is 0 Å². The third-order valence-electron chi connectivity index (χ3n) is 3.43. The van der Waals surface area contributed by atoms with Gasteiger partial charge in [0.15, 0.2) is 0 Å². The quantitative estimate of drug-likeness (QED) is 0.886. The summed E-state index contributed by atoms with van der Waals surface area (Å²) in [5, 5.41) is 19.5. The van der Waals surface area contributed by atoms with Gasteiger partial charge >= 0.3 is 5.97 Å². The molecular formula is C17H19NO3. The Morgan fingerprint density at radius 3 is 2.48 bits per heavy atom. The van der Waals surface area contributed by atoms with Gasteiger partial charge in [-0.25, -0.2) is 0 Å². The number of carbonyl (C=O) groups is 1. The lowest BCUT2D eigenvalue weighted by atomic mass is 10.0. The molecule has 0 radical (unpaired) electrons. The maximum atomic E-state index is 11.6. The van der Waals surface area contributed by atoms with Crippen molar-refractivity contribution in [3.05, 3.63) is 65.2 Å². The minimum Gasteiger partial charge on any atom is -0.508 e. The molecule has 4 heteroatoms. The SMILES string of the molecule is Cc1ccc(O)c(C(C(=O)O)N(C)Cc2ccccc2)c1. The Labute approximate surface area is 124 Å². The smallest absolute Gasteiger partial charge is 0.325 e. The van der Waals surface area contributed by atoms with Gasteiger partial charge in [0.05, 0.1) is 0 Å². The average molecular weight is 285 g/mol. The highest BCUT2D eigenvalue weighted by Gasteiger charge is 2.27. The lowest BCUT2D eigenvalue weighted by Gasteiger charge is -2.25. The molecule has 0 amide bonds. The van der Waals surface area contributed by atoms with Crippen LogP contribution in [0.5, 0.6) is 5.75 Å². The lowest BCUT2D eigenvalue weighted by molar-refractivity contribution is -0.143. The van der Waals surface area contributed by atoms with Crippen molar-refractivity contribution in [1.29, 1.82) is 0 Å². The molecular weight excluding hydrogens is 266 g/mol. The van der Waals surface area contributed by atoms with Crippen LogP contribution < -0.4 is 0 Å². The predicted molar refractivity (Wildman–Crippen MR) is 81.1 cm³/mol. The molecule has 21 heavy (non-hydrogen) atoms. The maximum Gasteiger partial charge on any atom is 0.325 e. The zero-order valence-electron chi connectivity index (χ0n) is 12.2. The van der Waals surface area contributed by atoms with Crippen LogP contribution in [0.2, 0.25) is 0 Å². The zero-order valence-corrected chi connectivity index (χ0v) is 12.2. The first-order chi connectivity index (χ1) is 9.99. The van der Waals surface area contributed by atoms with Gasteiger partial charge in [-0.15, -0.1) is 0 Å². The van der Waals surface area contributed by atoms with Gasteiger partial charge < -0.3 is 10.2 Å². The summed E-state index contributed by atoms with van der Waals surface area (Å²) in [4.78, 5) is 13.4. The number of phenols is 1. The van der Waals surface area contributed by atoms with E-state index in [0.29, 0.717) is 12.1 Å². The molecule has 0 saturated carbocycles. The van der Waals surface area contributed by atoms with Gasteiger partial charge in [0, 0.05) is 12.1 Å². The number of rotatable bonds is 5. The van der Waals surface area contributed by atoms with Gasteiger partial charge in [-0.2, -0.15) is 0 Å². The van der Waals surface area contributed by atoms with E-state index < -0.39 is 12.0 Å². The van der Waals surface area contributed by atoms with Crippen LogP contribution in [-0.4, -0.2) is 28.1 Å². The van der Waals surface area contributed by atoms with E-state index in [9.17, 15) is 15.0 Å². The number of phenolic OH excluding ortho intramolecular Hbond substituents is 1. The summed E-state index contributed by atoms with van der Waals surface area (Å²) < 4.78 is 0. The summed E-state index contributed by atoms with van der Waals surface area (Å²) in [6.07, 6.45) is 0. The Kier molecular flexibility index (Phi) is 4.60. The Bertz CT molecular complexity index is 625. The molecule has 2 aromatic carbocycles. The molecule has 4 nitrogen and oxygen atoms in total. The van der Waals surface area contributed by atoms with Crippen LogP contribution in [0, 0.1) is 6.92 Å². The first kappa shape index (κ1) is 15.1. The zero-order chi connectivity index (χ0) is 15.4. The molecule has 2 N–H and O–H groups in total. The highest BCUT2D eigenvalue weighted by atomic mass is 16.4. The molecule has 0 bridgehead atoms. The van der Waals surface area contributed by atoms with Gasteiger partial charge in [-0.05, 0) is 25.6 Å². The average Bonchev–Trinajstić information content (AvgIpc) is 2.43. The van der Waals surface area contributed by atoms with Crippen molar-refractivity contribution in [1.82, 2.24) is 4.90 Å². The van der Waals surface area contributed by atoms with Crippen LogP contribution in [0.4, 0.5) is 0 Å². The van der Waals surface area contributed by atoms with Crippen LogP contribution in [0.3, 0.4) is 0 Å². The normalized spacial score (nSPS) is 12.3. The first-order valence-corrected chi connectivity index (χ1v) is 6.75. The maximum absolute atomic E-state index is 11.6. The molecule has 2 aromatic rings. The van der Waals surface area contributed by atoms with Crippen molar-refractivity contribution in [2.45, 2.75) is 19.5 Å². The number of aryl methyl sites for hydroxylation is 1. The number of aromatic hydroxyl groups is 1.